The van der Waals surface area contributed by atoms with Crippen LogP contribution in [0.15, 0.2) is 47.8 Å². The van der Waals surface area contributed by atoms with Gasteiger partial charge in [-0.05, 0) is 38.1 Å². The van der Waals surface area contributed by atoms with Gasteiger partial charge in [0.15, 0.2) is 0 Å². The normalized spacial score (nSPS) is 17.3. The van der Waals surface area contributed by atoms with E-state index >= 15 is 0 Å². The van der Waals surface area contributed by atoms with Crippen molar-refractivity contribution in [2.45, 2.75) is 32.5 Å². The molecule has 160 valence electrons. The number of rotatable bonds is 3. The molecule has 0 bridgehead atoms. The Bertz CT molecular complexity index is 1000. The largest absolute Gasteiger partial charge is 0.419 e. The van der Waals surface area contributed by atoms with Crippen LogP contribution in [-0.2, 0) is 6.18 Å². The molecule has 1 atom stereocenters. The third-order valence-corrected chi connectivity index (χ3v) is 5.05. The lowest BCUT2D eigenvalue weighted by atomic mass is 10.0. The molecule has 0 saturated heterocycles. The molecule has 0 fully saturated rings. The van der Waals surface area contributed by atoms with Gasteiger partial charge in [-0.15, -0.1) is 0 Å². The molecular weight excluding hydrogens is 402 g/mol. The molecule has 30 heavy (non-hydrogen) atoms. The summed E-state index contributed by atoms with van der Waals surface area (Å²) in [4.78, 5) is 18.4. The lowest BCUT2D eigenvalue weighted by molar-refractivity contribution is -0.140. The van der Waals surface area contributed by atoms with Crippen molar-refractivity contribution in [2.24, 2.45) is 11.6 Å². The van der Waals surface area contributed by atoms with Gasteiger partial charge in [-0.2, -0.15) is 13.2 Å². The summed E-state index contributed by atoms with van der Waals surface area (Å²) in [5, 5.41) is 1.32. The number of hydrazine groups is 1. The highest BCUT2D eigenvalue weighted by molar-refractivity contribution is 5.95. The van der Waals surface area contributed by atoms with Gasteiger partial charge in [0, 0.05) is 18.7 Å². The number of anilines is 1. The predicted octanol–water partition coefficient (Wildman–Crippen LogP) is 3.33. The second-order valence-corrected chi connectivity index (χ2v) is 7.00. The van der Waals surface area contributed by atoms with Crippen LogP contribution in [0.2, 0.25) is 0 Å². The van der Waals surface area contributed by atoms with Crippen molar-refractivity contribution < 1.29 is 22.4 Å². The molecule has 1 aromatic carbocycles. The highest BCUT2D eigenvalue weighted by atomic mass is 19.4. The Morgan fingerprint density at radius 1 is 1.23 bits per heavy atom. The minimum atomic E-state index is -4.90. The number of amides is 1. The van der Waals surface area contributed by atoms with Gasteiger partial charge in [-0.1, -0.05) is 12.1 Å². The molecule has 1 aliphatic rings. The van der Waals surface area contributed by atoms with Crippen molar-refractivity contribution in [1.29, 1.82) is 0 Å². The van der Waals surface area contributed by atoms with E-state index in [1.165, 1.54) is 9.91 Å². The highest BCUT2D eigenvalue weighted by Crippen LogP contribution is 2.33. The summed E-state index contributed by atoms with van der Waals surface area (Å²) in [7, 11) is 0. The molecule has 0 aliphatic carbocycles. The SMILES string of the molecule is Cc1cccc(N(N)C2=C(N)C(C)N(C(=O)c3cccc(C(F)(F)F)c3F)CC2)n1. The van der Waals surface area contributed by atoms with Gasteiger partial charge in [0.1, 0.15) is 11.6 Å². The maximum absolute atomic E-state index is 14.4. The van der Waals surface area contributed by atoms with Gasteiger partial charge in [0.25, 0.3) is 5.91 Å². The fourth-order valence-electron chi connectivity index (χ4n) is 3.38. The number of benzene rings is 1. The van der Waals surface area contributed by atoms with E-state index in [1.807, 2.05) is 13.0 Å². The first-order valence-corrected chi connectivity index (χ1v) is 9.16. The van der Waals surface area contributed by atoms with Gasteiger partial charge in [-0.3, -0.25) is 9.80 Å². The summed E-state index contributed by atoms with van der Waals surface area (Å²) in [5.74, 6) is 4.15. The zero-order chi connectivity index (χ0) is 22.2. The first-order valence-electron chi connectivity index (χ1n) is 9.16. The molecule has 1 aliphatic heterocycles. The molecule has 3 rings (SSSR count). The van der Waals surface area contributed by atoms with Crippen LogP contribution in [0.3, 0.4) is 0 Å². The van der Waals surface area contributed by atoms with E-state index in [2.05, 4.69) is 4.98 Å². The number of pyridine rings is 1. The monoisotopic (exact) mass is 423 g/mol. The first-order chi connectivity index (χ1) is 14.0. The quantitative estimate of drug-likeness (QED) is 0.449. The predicted molar refractivity (Wildman–Crippen MR) is 103 cm³/mol. The number of halogens is 4. The van der Waals surface area contributed by atoms with E-state index in [0.29, 0.717) is 17.6 Å². The molecule has 0 spiro atoms. The molecule has 2 heterocycles. The number of hydrogen-bond acceptors (Lipinski definition) is 5. The second-order valence-electron chi connectivity index (χ2n) is 7.00. The third-order valence-electron chi connectivity index (χ3n) is 5.05. The topological polar surface area (TPSA) is 88.5 Å². The fourth-order valence-corrected chi connectivity index (χ4v) is 3.38. The summed E-state index contributed by atoms with van der Waals surface area (Å²) >= 11 is 0. The zero-order valence-corrected chi connectivity index (χ0v) is 16.4. The van der Waals surface area contributed by atoms with E-state index < -0.39 is 35.1 Å². The summed E-state index contributed by atoms with van der Waals surface area (Å²) in [6, 6.07) is 7.22. The summed E-state index contributed by atoms with van der Waals surface area (Å²) in [5.41, 5.74) is 5.61. The van der Waals surface area contributed by atoms with E-state index in [1.54, 1.807) is 19.1 Å². The van der Waals surface area contributed by atoms with Crippen molar-refractivity contribution in [3.8, 4) is 0 Å². The number of aromatic nitrogens is 1. The molecule has 0 radical (unpaired) electrons. The zero-order valence-electron chi connectivity index (χ0n) is 16.4. The molecule has 10 heteroatoms. The average molecular weight is 423 g/mol. The number of alkyl halides is 3. The summed E-state index contributed by atoms with van der Waals surface area (Å²) in [6.45, 7) is 3.52. The van der Waals surface area contributed by atoms with Crippen molar-refractivity contribution >= 4 is 11.7 Å². The van der Waals surface area contributed by atoms with Gasteiger partial charge < -0.3 is 10.6 Å². The van der Waals surface area contributed by atoms with Crippen LogP contribution in [0.25, 0.3) is 0 Å². The molecule has 1 aromatic heterocycles. The van der Waals surface area contributed by atoms with Gasteiger partial charge in [0.2, 0.25) is 0 Å². The van der Waals surface area contributed by atoms with Crippen molar-refractivity contribution in [3.63, 3.8) is 0 Å². The van der Waals surface area contributed by atoms with Crippen molar-refractivity contribution in [1.82, 2.24) is 9.88 Å². The number of carbonyl (C=O) groups excluding carboxylic acids is 1. The third kappa shape index (κ3) is 3.95. The Morgan fingerprint density at radius 2 is 1.90 bits per heavy atom. The average Bonchev–Trinajstić information content (AvgIpc) is 2.68. The van der Waals surface area contributed by atoms with Gasteiger partial charge >= 0.3 is 6.18 Å². The van der Waals surface area contributed by atoms with Crippen LogP contribution < -0.4 is 16.6 Å². The minimum Gasteiger partial charge on any atom is -0.399 e. The first kappa shape index (κ1) is 21.6. The molecule has 6 nitrogen and oxygen atoms in total. The number of hydrogen-bond donors (Lipinski definition) is 2. The molecule has 4 N–H and O–H groups in total. The van der Waals surface area contributed by atoms with E-state index in [-0.39, 0.29) is 18.7 Å². The lowest BCUT2D eigenvalue weighted by Gasteiger charge is -2.37. The maximum Gasteiger partial charge on any atom is 0.419 e. The number of carbonyl (C=O) groups is 1. The van der Waals surface area contributed by atoms with Crippen LogP contribution in [0.1, 0.15) is 35.0 Å². The lowest BCUT2D eigenvalue weighted by Crippen LogP contribution is -2.49. The molecule has 1 amide bonds. The minimum absolute atomic E-state index is 0.102. The molecular formula is C20H21F4N5O. The highest BCUT2D eigenvalue weighted by Gasteiger charge is 2.38. The Labute approximate surface area is 170 Å². The summed E-state index contributed by atoms with van der Waals surface area (Å²) < 4.78 is 53.4. The van der Waals surface area contributed by atoms with Crippen molar-refractivity contribution in [3.05, 3.63) is 70.4 Å². The van der Waals surface area contributed by atoms with E-state index in [0.717, 1.165) is 17.8 Å². The Morgan fingerprint density at radius 3 is 2.53 bits per heavy atom. The van der Waals surface area contributed by atoms with Crippen LogP contribution >= 0.6 is 0 Å². The maximum atomic E-state index is 14.4. The number of nitrogens with zero attached hydrogens (tertiary/aromatic N) is 3. The van der Waals surface area contributed by atoms with Gasteiger partial charge in [0.05, 0.1) is 28.6 Å². The molecule has 0 saturated carbocycles. The van der Waals surface area contributed by atoms with Crippen LogP contribution in [-0.4, -0.2) is 28.4 Å². The standard InChI is InChI=1S/C20H21F4N5O/c1-11-5-3-8-16(27-11)29(26)15-9-10-28(12(2)18(15)25)19(30)13-6-4-7-14(17(13)21)20(22,23)24/h3-8,12H,9-10,25-26H2,1-2H3. The van der Waals surface area contributed by atoms with E-state index in [4.69, 9.17) is 11.6 Å². The van der Waals surface area contributed by atoms with Crippen molar-refractivity contribution in [2.75, 3.05) is 11.6 Å². The number of aryl methyl sites for hydroxylation is 1. The molecule has 2 aromatic rings. The summed E-state index contributed by atoms with van der Waals surface area (Å²) in [6.07, 6.45) is -4.67. The van der Waals surface area contributed by atoms with Crippen LogP contribution in [0.5, 0.6) is 0 Å². The van der Waals surface area contributed by atoms with Gasteiger partial charge in [-0.25, -0.2) is 15.2 Å². The Kier molecular flexibility index (Phi) is 5.71. The second kappa shape index (κ2) is 7.94. The Balaban J connectivity index is 1.90. The smallest absolute Gasteiger partial charge is 0.399 e. The fraction of sp³-hybridized carbons (Fsp3) is 0.300. The number of nitrogens with two attached hydrogens (primary N) is 2. The van der Waals surface area contributed by atoms with Crippen LogP contribution in [0.4, 0.5) is 23.4 Å². The van der Waals surface area contributed by atoms with E-state index in [9.17, 15) is 22.4 Å². The Hall–Kier alpha value is -3.14. The van der Waals surface area contributed by atoms with Crippen LogP contribution in [0, 0.1) is 12.7 Å². The molecule has 1 unspecified atom stereocenters.